The van der Waals surface area contributed by atoms with E-state index in [-0.39, 0.29) is 6.54 Å². The number of halogens is 1. The molecular formula is C15H23ClN2O3Si. The van der Waals surface area contributed by atoms with Crippen LogP contribution in [0, 0.1) is 0 Å². The molecule has 2 N–H and O–H groups in total. The first-order valence-corrected chi connectivity index (χ1v) is 11.0. The van der Waals surface area contributed by atoms with Crippen molar-refractivity contribution in [3.63, 3.8) is 0 Å². The third-order valence-electron chi connectivity index (χ3n) is 3.51. The third kappa shape index (κ3) is 6.07. The molecule has 0 spiro atoms. The first-order valence-electron chi connectivity index (χ1n) is 7.17. The molecule has 1 rings (SSSR count). The standard InChI is InChI=1S/C15H23ClN2O3Si/c1-5-22(3,4)10-21-18-11(2)12-6-7-14(16)13(8-12)9-17-15(19)20/h6-8,17H,5,9-10H2,1-4H3,(H,19,20)/b18-11-. The van der Waals surface area contributed by atoms with Crippen molar-refractivity contribution in [3.8, 4) is 0 Å². The second-order valence-electron chi connectivity index (χ2n) is 5.93. The van der Waals surface area contributed by atoms with Gasteiger partial charge in [-0.25, -0.2) is 4.79 Å². The third-order valence-corrected chi connectivity index (χ3v) is 6.70. The monoisotopic (exact) mass is 342 g/mol. The average molecular weight is 343 g/mol. The van der Waals surface area contributed by atoms with Gasteiger partial charge in [-0.15, -0.1) is 0 Å². The Morgan fingerprint density at radius 2 is 2.14 bits per heavy atom. The van der Waals surface area contributed by atoms with Gasteiger partial charge in [-0.3, -0.25) is 0 Å². The fraction of sp³-hybridized carbons (Fsp3) is 0.467. The molecule has 5 nitrogen and oxygen atoms in total. The van der Waals surface area contributed by atoms with Crippen molar-refractivity contribution in [1.82, 2.24) is 5.32 Å². The minimum Gasteiger partial charge on any atom is -0.465 e. The van der Waals surface area contributed by atoms with E-state index in [0.29, 0.717) is 16.8 Å². The van der Waals surface area contributed by atoms with Gasteiger partial charge in [0.05, 0.1) is 13.8 Å². The average Bonchev–Trinajstić information content (AvgIpc) is 2.46. The maximum atomic E-state index is 10.6. The molecule has 0 aliphatic carbocycles. The van der Waals surface area contributed by atoms with Gasteiger partial charge in [-0.2, -0.15) is 0 Å². The SMILES string of the molecule is CC[Si](C)(C)CO/N=C(/C)c1ccc(Cl)c(CNC(=O)O)c1. The summed E-state index contributed by atoms with van der Waals surface area (Å²) in [6.07, 6.45) is -0.399. The van der Waals surface area contributed by atoms with Crippen LogP contribution in [0.5, 0.6) is 0 Å². The van der Waals surface area contributed by atoms with Gasteiger partial charge in [0.1, 0.15) is 6.23 Å². The van der Waals surface area contributed by atoms with E-state index < -0.39 is 14.2 Å². The Labute approximate surface area is 137 Å². The molecule has 0 saturated heterocycles. The lowest BCUT2D eigenvalue weighted by Gasteiger charge is -2.17. The highest BCUT2D eigenvalue weighted by Gasteiger charge is 2.19. The Morgan fingerprint density at radius 1 is 1.45 bits per heavy atom. The first kappa shape index (κ1) is 18.5. The summed E-state index contributed by atoms with van der Waals surface area (Å²) in [5.41, 5.74) is 2.32. The molecule has 0 fully saturated rings. The van der Waals surface area contributed by atoms with E-state index in [0.717, 1.165) is 17.3 Å². The van der Waals surface area contributed by atoms with Crippen LogP contribution in [0.3, 0.4) is 0 Å². The molecule has 0 bridgehead atoms. The smallest absolute Gasteiger partial charge is 0.404 e. The van der Waals surface area contributed by atoms with Gasteiger partial charge in [-0.1, -0.05) is 48.9 Å². The predicted octanol–water partition coefficient (Wildman–Crippen LogP) is 4.12. The lowest BCUT2D eigenvalue weighted by Crippen LogP contribution is -2.30. The van der Waals surface area contributed by atoms with E-state index in [2.05, 4.69) is 30.5 Å². The Balaban J connectivity index is 2.78. The van der Waals surface area contributed by atoms with Crippen LogP contribution in [-0.4, -0.2) is 31.2 Å². The molecule has 0 radical (unpaired) electrons. The van der Waals surface area contributed by atoms with Crippen LogP contribution in [0.15, 0.2) is 23.4 Å². The highest BCUT2D eigenvalue weighted by Crippen LogP contribution is 2.18. The summed E-state index contributed by atoms with van der Waals surface area (Å²) in [6, 6.07) is 6.55. The minimum absolute atomic E-state index is 0.159. The van der Waals surface area contributed by atoms with Crippen LogP contribution in [0.2, 0.25) is 24.2 Å². The minimum atomic E-state index is -1.32. The van der Waals surface area contributed by atoms with Crippen molar-refractivity contribution in [2.75, 3.05) is 6.23 Å². The molecule has 0 unspecified atom stereocenters. The normalized spacial score (nSPS) is 12.1. The van der Waals surface area contributed by atoms with Gasteiger partial charge >= 0.3 is 6.09 Å². The van der Waals surface area contributed by atoms with Crippen LogP contribution in [0.4, 0.5) is 4.79 Å². The number of nitrogens with zero attached hydrogens (tertiary/aromatic N) is 1. The van der Waals surface area contributed by atoms with Crippen LogP contribution < -0.4 is 5.32 Å². The van der Waals surface area contributed by atoms with Gasteiger partial charge in [0.25, 0.3) is 0 Å². The lowest BCUT2D eigenvalue weighted by atomic mass is 10.1. The molecule has 1 aromatic carbocycles. The van der Waals surface area contributed by atoms with Crippen molar-refractivity contribution in [3.05, 3.63) is 34.3 Å². The van der Waals surface area contributed by atoms with Crippen molar-refractivity contribution in [2.24, 2.45) is 5.16 Å². The summed E-state index contributed by atoms with van der Waals surface area (Å²) in [6.45, 7) is 8.71. The van der Waals surface area contributed by atoms with Crippen molar-refractivity contribution < 1.29 is 14.7 Å². The fourth-order valence-corrected chi connectivity index (χ4v) is 2.37. The number of nitrogens with one attached hydrogen (secondary N) is 1. The van der Waals surface area contributed by atoms with Crippen LogP contribution in [-0.2, 0) is 11.4 Å². The maximum Gasteiger partial charge on any atom is 0.404 e. The maximum absolute atomic E-state index is 10.6. The molecule has 7 heteroatoms. The Hall–Kier alpha value is -1.53. The second kappa shape index (κ2) is 8.19. The zero-order valence-corrected chi connectivity index (χ0v) is 15.2. The molecule has 0 aromatic heterocycles. The molecular weight excluding hydrogens is 320 g/mol. The van der Waals surface area contributed by atoms with Crippen LogP contribution in [0.25, 0.3) is 0 Å². The highest BCUT2D eigenvalue weighted by atomic mass is 35.5. The molecule has 0 heterocycles. The first-order chi connectivity index (χ1) is 10.2. The van der Waals surface area contributed by atoms with Gasteiger partial charge in [0.15, 0.2) is 0 Å². The Morgan fingerprint density at radius 3 is 2.73 bits per heavy atom. The number of hydrogen-bond donors (Lipinski definition) is 2. The fourth-order valence-electron chi connectivity index (χ4n) is 1.56. The number of carboxylic acid groups (broad SMARTS) is 1. The number of oxime groups is 1. The summed E-state index contributed by atoms with van der Waals surface area (Å²) in [5.74, 6) is 0. The van der Waals surface area contributed by atoms with E-state index in [4.69, 9.17) is 21.5 Å². The lowest BCUT2D eigenvalue weighted by molar-refractivity contribution is 0.185. The summed E-state index contributed by atoms with van der Waals surface area (Å²) in [4.78, 5) is 16.1. The highest BCUT2D eigenvalue weighted by molar-refractivity contribution is 6.77. The number of hydrogen-bond acceptors (Lipinski definition) is 3. The predicted molar refractivity (Wildman–Crippen MR) is 92.4 cm³/mol. The van der Waals surface area contributed by atoms with Crippen molar-refractivity contribution in [1.29, 1.82) is 0 Å². The molecule has 1 aromatic rings. The zero-order chi connectivity index (χ0) is 16.8. The summed E-state index contributed by atoms with van der Waals surface area (Å²) < 4.78 is 0. The molecule has 0 atom stereocenters. The molecule has 22 heavy (non-hydrogen) atoms. The molecule has 0 aliphatic rings. The molecule has 122 valence electrons. The van der Waals surface area contributed by atoms with Gasteiger partial charge < -0.3 is 15.3 Å². The number of carbonyl (C=O) groups is 1. The van der Waals surface area contributed by atoms with E-state index in [1.54, 1.807) is 6.07 Å². The Kier molecular flexibility index (Phi) is 6.89. The quantitative estimate of drug-likeness (QED) is 0.445. The van der Waals surface area contributed by atoms with Crippen molar-refractivity contribution in [2.45, 2.75) is 39.5 Å². The van der Waals surface area contributed by atoms with Crippen LogP contribution >= 0.6 is 11.6 Å². The number of amides is 1. The van der Waals surface area contributed by atoms with E-state index in [9.17, 15) is 4.79 Å². The van der Waals surface area contributed by atoms with Gasteiger partial charge in [-0.05, 0) is 30.2 Å². The summed E-state index contributed by atoms with van der Waals surface area (Å²) in [5, 5.41) is 15.7. The molecule has 0 saturated carbocycles. The van der Waals surface area contributed by atoms with E-state index in [1.165, 1.54) is 0 Å². The van der Waals surface area contributed by atoms with Gasteiger partial charge in [0, 0.05) is 11.6 Å². The Bertz CT molecular complexity index is 562. The largest absolute Gasteiger partial charge is 0.465 e. The van der Waals surface area contributed by atoms with Crippen molar-refractivity contribution >= 4 is 31.5 Å². The van der Waals surface area contributed by atoms with Gasteiger partial charge in [0.2, 0.25) is 0 Å². The summed E-state index contributed by atoms with van der Waals surface area (Å²) in [7, 11) is -1.32. The van der Waals surface area contributed by atoms with Crippen LogP contribution in [0.1, 0.15) is 25.0 Å². The summed E-state index contributed by atoms with van der Waals surface area (Å²) >= 11 is 6.07. The second-order valence-corrected chi connectivity index (χ2v) is 11.7. The van der Waals surface area contributed by atoms with E-state index >= 15 is 0 Å². The number of benzene rings is 1. The number of rotatable bonds is 7. The van der Waals surface area contributed by atoms with E-state index in [1.807, 2.05) is 19.1 Å². The zero-order valence-electron chi connectivity index (χ0n) is 13.4. The molecule has 1 amide bonds. The topological polar surface area (TPSA) is 70.9 Å². The molecule has 0 aliphatic heterocycles.